The van der Waals surface area contributed by atoms with Crippen LogP contribution in [-0.2, 0) is 11.1 Å². The minimum atomic E-state index is -5.29. The van der Waals surface area contributed by atoms with Gasteiger partial charge in [0.1, 0.15) is 23.7 Å². The zero-order chi connectivity index (χ0) is 31.3. The number of methoxy groups -OCH3 is 1. The fraction of sp³-hybridized carbons (Fsp3) is 0.333. The summed E-state index contributed by atoms with van der Waals surface area (Å²) >= 11 is 0. The van der Waals surface area contributed by atoms with Crippen LogP contribution in [0.3, 0.4) is 0 Å². The predicted octanol–water partition coefficient (Wildman–Crippen LogP) is 4.36. The largest absolute Gasteiger partial charge is 0.493 e. The Morgan fingerprint density at radius 3 is 2.55 bits per heavy atom. The second-order valence-corrected chi connectivity index (χ2v) is 10.9. The summed E-state index contributed by atoms with van der Waals surface area (Å²) in [6.07, 6.45) is -0.503. The van der Waals surface area contributed by atoms with E-state index in [9.17, 15) is 27.5 Å². The number of ether oxygens (including phenoxy) is 3. The SMILES string of the molecule is COc1cc(C(=O)NCC(O)(c2cc3c(c(-c4ccc(F)cc4)n2)OC[C@]3(C)n2ccnn2)C(F)(F)F)ccc1OC1CC1. The molecule has 10 nitrogen and oxygen atoms in total. The van der Waals surface area contributed by atoms with Crippen LogP contribution in [0.4, 0.5) is 17.6 Å². The molecule has 0 radical (unpaired) electrons. The maximum Gasteiger partial charge on any atom is 0.424 e. The molecule has 230 valence electrons. The molecule has 1 fully saturated rings. The molecule has 2 aromatic heterocycles. The maximum absolute atomic E-state index is 14.8. The fourth-order valence-electron chi connectivity index (χ4n) is 4.96. The van der Waals surface area contributed by atoms with Crippen LogP contribution in [0, 0.1) is 5.82 Å². The number of carbonyl (C=O) groups excluding carboxylic acids is 1. The lowest BCUT2D eigenvalue weighted by Crippen LogP contribution is -2.51. The highest BCUT2D eigenvalue weighted by molar-refractivity contribution is 5.95. The summed E-state index contributed by atoms with van der Waals surface area (Å²) in [5.41, 5.74) is -5.14. The first-order valence-electron chi connectivity index (χ1n) is 13.7. The third kappa shape index (κ3) is 5.19. The number of aliphatic hydroxyl groups is 1. The lowest BCUT2D eigenvalue weighted by Gasteiger charge is -2.32. The van der Waals surface area contributed by atoms with E-state index in [1.165, 1.54) is 54.5 Å². The minimum Gasteiger partial charge on any atom is -0.493 e. The molecule has 6 rings (SSSR count). The Morgan fingerprint density at radius 2 is 1.91 bits per heavy atom. The summed E-state index contributed by atoms with van der Waals surface area (Å²) in [4.78, 5) is 17.3. The number of hydrogen-bond acceptors (Lipinski definition) is 8. The lowest BCUT2D eigenvalue weighted by atomic mass is 9.88. The Morgan fingerprint density at radius 1 is 1.16 bits per heavy atom. The zero-order valence-electron chi connectivity index (χ0n) is 23.6. The average Bonchev–Trinajstić information content (AvgIpc) is 3.50. The van der Waals surface area contributed by atoms with Crippen LogP contribution < -0.4 is 19.5 Å². The third-order valence-corrected chi connectivity index (χ3v) is 7.74. The molecule has 2 aromatic carbocycles. The Kier molecular flexibility index (Phi) is 7.19. The normalized spacial score (nSPS) is 19.1. The molecule has 0 bridgehead atoms. The number of halogens is 4. The van der Waals surface area contributed by atoms with Gasteiger partial charge in [0, 0.05) is 22.9 Å². The van der Waals surface area contributed by atoms with Gasteiger partial charge in [0.15, 0.2) is 17.2 Å². The number of rotatable bonds is 9. The maximum atomic E-state index is 14.8. The highest BCUT2D eigenvalue weighted by Gasteiger charge is 2.57. The van der Waals surface area contributed by atoms with Crippen molar-refractivity contribution in [3.63, 3.8) is 0 Å². The highest BCUT2D eigenvalue weighted by atomic mass is 19.4. The van der Waals surface area contributed by atoms with Crippen molar-refractivity contribution in [2.24, 2.45) is 0 Å². The average molecular weight is 614 g/mol. The topological polar surface area (TPSA) is 121 Å². The lowest BCUT2D eigenvalue weighted by molar-refractivity contribution is -0.265. The first-order chi connectivity index (χ1) is 20.9. The van der Waals surface area contributed by atoms with E-state index >= 15 is 0 Å². The molecule has 2 N–H and O–H groups in total. The van der Waals surface area contributed by atoms with Crippen LogP contribution >= 0.6 is 0 Å². The minimum absolute atomic E-state index is 0.00408. The van der Waals surface area contributed by atoms with Crippen molar-refractivity contribution in [1.29, 1.82) is 0 Å². The molecule has 44 heavy (non-hydrogen) atoms. The monoisotopic (exact) mass is 613 g/mol. The number of aromatic nitrogens is 4. The summed E-state index contributed by atoms with van der Waals surface area (Å²) in [5, 5.41) is 21.3. The van der Waals surface area contributed by atoms with Crippen molar-refractivity contribution >= 4 is 5.91 Å². The van der Waals surface area contributed by atoms with Crippen molar-refractivity contribution in [2.45, 2.75) is 43.2 Å². The fourth-order valence-corrected chi connectivity index (χ4v) is 4.96. The van der Waals surface area contributed by atoms with Crippen LogP contribution in [0.25, 0.3) is 11.3 Å². The van der Waals surface area contributed by atoms with E-state index in [2.05, 4.69) is 20.6 Å². The summed E-state index contributed by atoms with van der Waals surface area (Å²) < 4.78 is 76.4. The molecule has 1 aliphatic carbocycles. The van der Waals surface area contributed by atoms with Crippen molar-refractivity contribution in [1.82, 2.24) is 25.3 Å². The molecule has 2 atom stereocenters. The number of carbonyl (C=O) groups is 1. The Labute approximate surface area is 248 Å². The van der Waals surface area contributed by atoms with Crippen molar-refractivity contribution in [3.05, 3.63) is 83.6 Å². The number of benzene rings is 2. The molecule has 14 heteroatoms. The first-order valence-corrected chi connectivity index (χ1v) is 13.7. The molecule has 2 aliphatic rings. The molecule has 0 saturated heterocycles. The second kappa shape index (κ2) is 10.8. The molecule has 0 spiro atoms. The second-order valence-electron chi connectivity index (χ2n) is 10.9. The highest BCUT2D eigenvalue weighted by Crippen LogP contribution is 2.48. The number of alkyl halides is 3. The molecule has 3 heterocycles. The molecule has 1 saturated carbocycles. The Balaban J connectivity index is 1.39. The van der Waals surface area contributed by atoms with E-state index in [4.69, 9.17) is 14.2 Å². The van der Waals surface area contributed by atoms with Gasteiger partial charge in [0.25, 0.3) is 5.91 Å². The van der Waals surface area contributed by atoms with E-state index in [1.54, 1.807) is 6.92 Å². The van der Waals surface area contributed by atoms with Crippen LogP contribution in [0.5, 0.6) is 17.2 Å². The van der Waals surface area contributed by atoms with Crippen LogP contribution in [0.2, 0.25) is 0 Å². The van der Waals surface area contributed by atoms with Gasteiger partial charge in [0.2, 0.25) is 5.60 Å². The van der Waals surface area contributed by atoms with Gasteiger partial charge in [-0.25, -0.2) is 14.1 Å². The molecule has 1 amide bonds. The van der Waals surface area contributed by atoms with Gasteiger partial charge in [-0.1, -0.05) is 5.21 Å². The van der Waals surface area contributed by atoms with Crippen molar-refractivity contribution in [2.75, 3.05) is 20.3 Å². The van der Waals surface area contributed by atoms with E-state index in [0.29, 0.717) is 5.75 Å². The van der Waals surface area contributed by atoms with Gasteiger partial charge in [-0.05, 0) is 68.3 Å². The molecular weight excluding hydrogens is 586 g/mol. The number of nitrogens with one attached hydrogen (secondary N) is 1. The molecule has 1 aliphatic heterocycles. The molecule has 1 unspecified atom stereocenters. The van der Waals surface area contributed by atoms with Crippen molar-refractivity contribution in [3.8, 4) is 28.5 Å². The summed E-state index contributed by atoms with van der Waals surface area (Å²) in [5.74, 6) is -0.653. The summed E-state index contributed by atoms with van der Waals surface area (Å²) in [6, 6.07) is 10.3. The van der Waals surface area contributed by atoms with E-state index < -0.39 is 41.3 Å². The van der Waals surface area contributed by atoms with Crippen LogP contribution in [0.1, 0.15) is 41.4 Å². The van der Waals surface area contributed by atoms with Crippen LogP contribution in [-0.4, -0.2) is 63.5 Å². The Bertz CT molecular complexity index is 1700. The van der Waals surface area contributed by atoms with Gasteiger partial charge < -0.3 is 24.6 Å². The first kappa shape index (κ1) is 29.4. The van der Waals surface area contributed by atoms with Gasteiger partial charge in [-0.2, -0.15) is 13.2 Å². The van der Waals surface area contributed by atoms with Crippen molar-refractivity contribution < 1.29 is 41.7 Å². The number of hydrogen-bond donors (Lipinski definition) is 2. The standard InChI is InChI=1S/C30H27F4N5O5/c1-28(39-12-11-36-38-39)16-43-26-21(28)14-24(37-25(26)17-3-6-19(31)7-4-17)29(41,30(32,33)34)15-35-27(40)18-5-10-22(23(13-18)42-2)44-20-8-9-20/h3-7,10-14,20,41H,8-9,15-16H2,1-2H3,(H,35,40)/t28-,29?/m0/s1. The predicted molar refractivity (Wildman–Crippen MR) is 147 cm³/mol. The van der Waals surface area contributed by atoms with E-state index in [-0.39, 0.29) is 46.6 Å². The smallest absolute Gasteiger partial charge is 0.424 e. The zero-order valence-corrected chi connectivity index (χ0v) is 23.6. The summed E-state index contributed by atoms with van der Waals surface area (Å²) in [6.45, 7) is 0.381. The number of nitrogens with zero attached hydrogens (tertiary/aromatic N) is 4. The number of amides is 1. The number of fused-ring (bicyclic) bond motifs is 1. The Hall–Kier alpha value is -4.72. The van der Waals surface area contributed by atoms with E-state index in [0.717, 1.165) is 31.0 Å². The molecule has 4 aromatic rings. The quantitative estimate of drug-likeness (QED) is 0.267. The van der Waals surface area contributed by atoms with Gasteiger partial charge in [-0.15, -0.1) is 5.10 Å². The van der Waals surface area contributed by atoms with Gasteiger partial charge in [0.05, 0.1) is 31.6 Å². The third-order valence-electron chi connectivity index (χ3n) is 7.74. The van der Waals surface area contributed by atoms with Gasteiger partial charge >= 0.3 is 6.18 Å². The summed E-state index contributed by atoms with van der Waals surface area (Å²) in [7, 11) is 1.38. The van der Waals surface area contributed by atoms with E-state index in [1.807, 2.05) is 0 Å². The van der Waals surface area contributed by atoms with Gasteiger partial charge in [-0.3, -0.25) is 4.79 Å². The number of pyridine rings is 1. The molecular formula is C30H27F4N5O5. The van der Waals surface area contributed by atoms with Crippen LogP contribution in [0.15, 0.2) is 60.9 Å².